The van der Waals surface area contributed by atoms with Crippen molar-refractivity contribution in [3.63, 3.8) is 0 Å². The van der Waals surface area contributed by atoms with Crippen molar-refractivity contribution >= 4 is 34.9 Å². The first-order valence-electron chi connectivity index (χ1n) is 6.40. The molecule has 0 aromatic heterocycles. The van der Waals surface area contributed by atoms with Crippen LogP contribution in [0.1, 0.15) is 13.3 Å². The van der Waals surface area contributed by atoms with Crippen LogP contribution in [0, 0.1) is 0 Å². The van der Waals surface area contributed by atoms with Crippen LogP contribution in [-0.4, -0.2) is 30.8 Å². The van der Waals surface area contributed by atoms with Gasteiger partial charge in [-0.15, -0.1) is 0 Å². The van der Waals surface area contributed by atoms with E-state index in [0.29, 0.717) is 22.3 Å². The molecule has 3 atom stereocenters. The molecule has 2 amide bonds. The summed E-state index contributed by atoms with van der Waals surface area (Å²) in [6, 6.07) is 4.22. The number of urea groups is 1. The van der Waals surface area contributed by atoms with Crippen molar-refractivity contribution in [2.45, 2.75) is 31.5 Å². The Kier molecular flexibility index (Phi) is 5.10. The second kappa shape index (κ2) is 6.63. The molecule has 20 heavy (non-hydrogen) atoms. The second-order valence-electron chi connectivity index (χ2n) is 4.68. The van der Waals surface area contributed by atoms with Crippen LogP contribution in [0.5, 0.6) is 0 Å². The standard InChI is InChI=1S/C13H17Cl2N3O2/c1-2-20-11-6-10(16)12(11)18-13(19)17-9-4-7(14)3-8(15)5-9/h3-5,10-12H,2,6,16H2,1H3,(H2,17,18,19). The Hall–Kier alpha value is -1.01. The minimum absolute atomic E-state index is 0.0244. The molecule has 1 aromatic carbocycles. The van der Waals surface area contributed by atoms with Crippen LogP contribution >= 0.6 is 23.2 Å². The molecule has 0 bridgehead atoms. The summed E-state index contributed by atoms with van der Waals surface area (Å²) in [7, 11) is 0. The number of anilines is 1. The summed E-state index contributed by atoms with van der Waals surface area (Å²) in [5.41, 5.74) is 6.40. The van der Waals surface area contributed by atoms with Gasteiger partial charge in [0.1, 0.15) is 0 Å². The summed E-state index contributed by atoms with van der Waals surface area (Å²) >= 11 is 11.7. The highest BCUT2D eigenvalue weighted by Gasteiger charge is 2.40. The number of nitrogens with one attached hydrogen (secondary N) is 2. The first kappa shape index (κ1) is 15.4. The minimum Gasteiger partial charge on any atom is -0.376 e. The van der Waals surface area contributed by atoms with Gasteiger partial charge in [-0.05, 0) is 31.5 Å². The van der Waals surface area contributed by atoms with Crippen molar-refractivity contribution in [3.8, 4) is 0 Å². The number of ether oxygens (including phenoxy) is 1. The Morgan fingerprint density at radius 1 is 1.40 bits per heavy atom. The van der Waals surface area contributed by atoms with Gasteiger partial charge in [-0.3, -0.25) is 0 Å². The molecular weight excluding hydrogens is 301 g/mol. The SMILES string of the molecule is CCOC1CC(N)C1NC(=O)Nc1cc(Cl)cc(Cl)c1. The number of halogens is 2. The topological polar surface area (TPSA) is 76.4 Å². The first-order valence-corrected chi connectivity index (χ1v) is 7.16. The van der Waals surface area contributed by atoms with Crippen LogP contribution in [0.15, 0.2) is 18.2 Å². The number of rotatable bonds is 4. The fourth-order valence-electron chi connectivity index (χ4n) is 2.17. The summed E-state index contributed by atoms with van der Waals surface area (Å²) in [4.78, 5) is 11.9. The lowest BCUT2D eigenvalue weighted by molar-refractivity contribution is -0.0277. The smallest absolute Gasteiger partial charge is 0.319 e. The van der Waals surface area contributed by atoms with Gasteiger partial charge < -0.3 is 21.1 Å². The van der Waals surface area contributed by atoms with E-state index in [0.717, 1.165) is 6.42 Å². The lowest BCUT2D eigenvalue weighted by atomic mass is 9.83. The van der Waals surface area contributed by atoms with Gasteiger partial charge in [0, 0.05) is 28.4 Å². The Balaban J connectivity index is 1.92. The summed E-state index contributed by atoms with van der Waals surface area (Å²) < 4.78 is 5.49. The number of hydrogen-bond acceptors (Lipinski definition) is 3. The summed E-state index contributed by atoms with van der Waals surface area (Å²) in [5.74, 6) is 0. The molecule has 1 aliphatic carbocycles. The highest BCUT2D eigenvalue weighted by molar-refractivity contribution is 6.35. The van der Waals surface area contributed by atoms with Gasteiger partial charge in [-0.25, -0.2) is 4.79 Å². The summed E-state index contributed by atoms with van der Waals surface area (Å²) in [6.07, 6.45) is 0.727. The molecule has 0 heterocycles. The van der Waals surface area contributed by atoms with Crippen LogP contribution in [0.25, 0.3) is 0 Å². The average Bonchev–Trinajstić information content (AvgIpc) is 2.34. The van der Waals surface area contributed by atoms with Crippen LogP contribution in [0.2, 0.25) is 10.0 Å². The Morgan fingerprint density at radius 3 is 2.60 bits per heavy atom. The summed E-state index contributed by atoms with van der Waals surface area (Å²) in [6.45, 7) is 2.51. The van der Waals surface area contributed by atoms with Crippen LogP contribution < -0.4 is 16.4 Å². The Labute approximate surface area is 127 Å². The van der Waals surface area contributed by atoms with E-state index in [9.17, 15) is 4.79 Å². The van der Waals surface area contributed by atoms with E-state index < -0.39 is 0 Å². The third kappa shape index (κ3) is 3.76. The molecule has 0 radical (unpaired) electrons. The zero-order valence-electron chi connectivity index (χ0n) is 11.0. The third-order valence-electron chi connectivity index (χ3n) is 3.17. The van der Waals surface area contributed by atoms with Gasteiger partial charge in [-0.1, -0.05) is 23.2 Å². The van der Waals surface area contributed by atoms with Gasteiger partial charge in [-0.2, -0.15) is 0 Å². The molecule has 1 aromatic rings. The first-order chi connectivity index (χ1) is 9.49. The number of carbonyl (C=O) groups is 1. The van der Waals surface area contributed by atoms with E-state index in [4.69, 9.17) is 33.7 Å². The molecule has 3 unspecified atom stereocenters. The molecule has 1 aliphatic rings. The van der Waals surface area contributed by atoms with Crippen LogP contribution in [0.4, 0.5) is 10.5 Å². The molecule has 0 aliphatic heterocycles. The Morgan fingerprint density at radius 2 is 2.05 bits per heavy atom. The van der Waals surface area contributed by atoms with Crippen molar-refractivity contribution in [2.75, 3.05) is 11.9 Å². The van der Waals surface area contributed by atoms with E-state index in [1.54, 1.807) is 18.2 Å². The highest BCUT2D eigenvalue weighted by Crippen LogP contribution is 2.24. The molecule has 1 fully saturated rings. The number of nitrogens with two attached hydrogens (primary N) is 1. The monoisotopic (exact) mass is 317 g/mol. The van der Waals surface area contributed by atoms with Gasteiger partial charge in [0.25, 0.3) is 0 Å². The van der Waals surface area contributed by atoms with Gasteiger partial charge in [0.15, 0.2) is 0 Å². The largest absolute Gasteiger partial charge is 0.376 e. The minimum atomic E-state index is -0.354. The summed E-state index contributed by atoms with van der Waals surface area (Å²) in [5, 5.41) is 6.40. The molecule has 7 heteroatoms. The third-order valence-corrected chi connectivity index (χ3v) is 3.60. The highest BCUT2D eigenvalue weighted by atomic mass is 35.5. The van der Waals surface area contributed by atoms with Gasteiger partial charge in [0.2, 0.25) is 0 Å². The fourth-order valence-corrected chi connectivity index (χ4v) is 2.70. The van der Waals surface area contributed by atoms with Crippen LogP contribution in [-0.2, 0) is 4.74 Å². The zero-order valence-corrected chi connectivity index (χ0v) is 12.5. The van der Waals surface area contributed by atoms with Crippen molar-refractivity contribution in [1.82, 2.24) is 5.32 Å². The van der Waals surface area contributed by atoms with Crippen molar-refractivity contribution in [1.29, 1.82) is 0 Å². The Bertz CT molecular complexity index is 476. The van der Waals surface area contributed by atoms with E-state index in [-0.39, 0.29) is 24.2 Å². The van der Waals surface area contributed by atoms with Crippen molar-refractivity contribution in [2.24, 2.45) is 5.73 Å². The maximum atomic E-state index is 11.9. The van der Waals surface area contributed by atoms with Crippen molar-refractivity contribution < 1.29 is 9.53 Å². The lowest BCUT2D eigenvalue weighted by Gasteiger charge is -2.42. The molecule has 1 saturated carbocycles. The molecule has 110 valence electrons. The van der Waals surface area contributed by atoms with E-state index in [2.05, 4.69) is 10.6 Å². The lowest BCUT2D eigenvalue weighted by Crippen LogP contribution is -2.65. The zero-order chi connectivity index (χ0) is 14.7. The molecular formula is C13H17Cl2N3O2. The quantitative estimate of drug-likeness (QED) is 0.799. The molecule has 2 rings (SSSR count). The number of amides is 2. The van der Waals surface area contributed by atoms with E-state index >= 15 is 0 Å². The normalized spacial score (nSPS) is 24.9. The van der Waals surface area contributed by atoms with E-state index in [1.807, 2.05) is 6.92 Å². The predicted molar refractivity (Wildman–Crippen MR) is 80.4 cm³/mol. The molecule has 0 saturated heterocycles. The number of benzene rings is 1. The number of carbonyl (C=O) groups excluding carboxylic acids is 1. The molecule has 5 nitrogen and oxygen atoms in total. The molecule has 0 spiro atoms. The fraction of sp³-hybridized carbons (Fsp3) is 0.462. The second-order valence-corrected chi connectivity index (χ2v) is 5.55. The van der Waals surface area contributed by atoms with Crippen LogP contribution in [0.3, 0.4) is 0 Å². The predicted octanol–water partition coefficient (Wildman–Crippen LogP) is 2.62. The maximum absolute atomic E-state index is 11.9. The number of hydrogen-bond donors (Lipinski definition) is 3. The average molecular weight is 318 g/mol. The van der Waals surface area contributed by atoms with Gasteiger partial charge in [0.05, 0.1) is 12.1 Å². The molecule has 4 N–H and O–H groups in total. The van der Waals surface area contributed by atoms with Crippen molar-refractivity contribution in [3.05, 3.63) is 28.2 Å². The maximum Gasteiger partial charge on any atom is 0.319 e. The van der Waals surface area contributed by atoms with Gasteiger partial charge >= 0.3 is 6.03 Å². The van der Waals surface area contributed by atoms with E-state index in [1.165, 1.54) is 0 Å².